The summed E-state index contributed by atoms with van der Waals surface area (Å²) in [4.78, 5) is 27.2. The number of rotatable bonds is 1. The molecule has 26 heavy (non-hydrogen) atoms. The molecule has 3 saturated heterocycles. The number of carbonyl (C=O) groups excluding carboxylic acids is 1. The van der Waals surface area contributed by atoms with Crippen LogP contribution in [0.25, 0.3) is 0 Å². The van der Waals surface area contributed by atoms with Crippen molar-refractivity contribution in [1.82, 2.24) is 0 Å². The van der Waals surface area contributed by atoms with E-state index in [1.54, 1.807) is 0 Å². The predicted octanol–water partition coefficient (Wildman–Crippen LogP) is 1.83. The lowest BCUT2D eigenvalue weighted by Crippen LogP contribution is -2.53. The van der Waals surface area contributed by atoms with E-state index >= 15 is 0 Å². The van der Waals surface area contributed by atoms with Crippen molar-refractivity contribution in [2.45, 2.75) is 37.2 Å². The molecule has 0 unspecified atom stereocenters. The molecule has 5 aliphatic rings. The maximum Gasteiger partial charge on any atom is 0.310 e. The molecular formula is C20H19NO5. The summed E-state index contributed by atoms with van der Waals surface area (Å²) in [5, 5.41) is 9.74. The van der Waals surface area contributed by atoms with Crippen LogP contribution in [0.3, 0.4) is 0 Å². The summed E-state index contributed by atoms with van der Waals surface area (Å²) < 4.78 is 12.3. The Bertz CT molecular complexity index is 894. The summed E-state index contributed by atoms with van der Waals surface area (Å²) in [6, 6.07) is 5.86. The number of fused-ring (bicyclic) bond motifs is 7. The van der Waals surface area contributed by atoms with Gasteiger partial charge in [-0.1, -0.05) is 29.8 Å². The fourth-order valence-electron chi connectivity index (χ4n) is 6.04. The number of anilines is 1. The van der Waals surface area contributed by atoms with Crippen molar-refractivity contribution >= 4 is 17.6 Å². The molecule has 6 nitrogen and oxygen atoms in total. The highest BCUT2D eigenvalue weighted by Crippen LogP contribution is 2.62. The van der Waals surface area contributed by atoms with Crippen molar-refractivity contribution in [3.05, 3.63) is 41.5 Å². The highest BCUT2D eigenvalue weighted by atomic mass is 16.5. The number of nitrogens with zero attached hydrogens (tertiary/aromatic N) is 1. The fraction of sp³-hybridized carbons (Fsp3) is 0.500. The molecule has 0 radical (unpaired) electrons. The van der Waals surface area contributed by atoms with E-state index in [1.165, 1.54) is 0 Å². The van der Waals surface area contributed by atoms with Gasteiger partial charge in [0, 0.05) is 23.8 Å². The number of amides is 1. The standard InChI is InChI=1S/C20H19NO5/c1-9-2-3-12-11(8-9)16-10(5-7-25-16)17-20-6-4-13(26-20)14(19(23)24)15(20)18(22)21(12)17/h2-4,6,8,10,13-17H,5,7H2,1H3,(H,23,24)/t10-,13+,14+,15+,16+,17-,20-/m0/s1. The molecule has 6 heteroatoms. The summed E-state index contributed by atoms with van der Waals surface area (Å²) in [5.74, 6) is -2.43. The van der Waals surface area contributed by atoms with Crippen LogP contribution in [0.5, 0.6) is 0 Å². The second-order valence-electron chi connectivity index (χ2n) is 8.10. The van der Waals surface area contributed by atoms with Crippen molar-refractivity contribution in [3.8, 4) is 0 Å². The zero-order chi connectivity index (χ0) is 17.8. The number of hydrogen-bond acceptors (Lipinski definition) is 4. The van der Waals surface area contributed by atoms with E-state index in [4.69, 9.17) is 9.47 Å². The molecule has 0 aromatic heterocycles. The van der Waals surface area contributed by atoms with E-state index in [-0.39, 0.29) is 24.0 Å². The molecule has 2 bridgehead atoms. The topological polar surface area (TPSA) is 76.1 Å². The number of aryl methyl sites for hydroxylation is 1. The van der Waals surface area contributed by atoms with Gasteiger partial charge in [-0.3, -0.25) is 9.59 Å². The summed E-state index contributed by atoms with van der Waals surface area (Å²) >= 11 is 0. The van der Waals surface area contributed by atoms with Crippen LogP contribution in [0.1, 0.15) is 23.7 Å². The lowest BCUT2D eigenvalue weighted by atomic mass is 9.70. The van der Waals surface area contributed by atoms with E-state index in [0.29, 0.717) is 6.61 Å². The number of carbonyl (C=O) groups is 2. The Kier molecular flexibility index (Phi) is 2.62. The maximum absolute atomic E-state index is 13.5. The summed E-state index contributed by atoms with van der Waals surface area (Å²) in [7, 11) is 0. The average Bonchev–Trinajstić information content (AvgIpc) is 3.35. The molecule has 5 heterocycles. The van der Waals surface area contributed by atoms with Crippen LogP contribution in [-0.4, -0.2) is 41.3 Å². The third-order valence-electron chi connectivity index (χ3n) is 6.91. The first-order chi connectivity index (χ1) is 12.5. The van der Waals surface area contributed by atoms with Gasteiger partial charge >= 0.3 is 5.97 Å². The highest BCUT2D eigenvalue weighted by Gasteiger charge is 2.74. The van der Waals surface area contributed by atoms with Crippen LogP contribution in [-0.2, 0) is 19.1 Å². The molecule has 7 atom stereocenters. The predicted molar refractivity (Wildman–Crippen MR) is 90.6 cm³/mol. The van der Waals surface area contributed by atoms with Crippen LogP contribution >= 0.6 is 0 Å². The lowest BCUT2D eigenvalue weighted by molar-refractivity contribution is -0.146. The summed E-state index contributed by atoms with van der Waals surface area (Å²) in [6.45, 7) is 2.68. The second kappa shape index (κ2) is 4.56. The van der Waals surface area contributed by atoms with Gasteiger partial charge in [0.2, 0.25) is 5.91 Å². The monoisotopic (exact) mass is 353 g/mol. The zero-order valence-electron chi connectivity index (χ0n) is 14.3. The van der Waals surface area contributed by atoms with Gasteiger partial charge in [0.15, 0.2) is 0 Å². The molecule has 134 valence electrons. The molecule has 3 fully saturated rings. The molecule has 1 amide bonds. The van der Waals surface area contributed by atoms with Gasteiger partial charge in [-0.2, -0.15) is 0 Å². The Morgan fingerprint density at radius 1 is 1.38 bits per heavy atom. The number of benzene rings is 1. The molecule has 1 aromatic carbocycles. The van der Waals surface area contributed by atoms with E-state index in [1.807, 2.05) is 36.1 Å². The Labute approximate surface area is 150 Å². The van der Waals surface area contributed by atoms with E-state index < -0.39 is 29.5 Å². The van der Waals surface area contributed by atoms with Gasteiger partial charge in [0.25, 0.3) is 0 Å². The Morgan fingerprint density at radius 3 is 3.04 bits per heavy atom. The number of carboxylic acid groups (broad SMARTS) is 1. The first-order valence-corrected chi connectivity index (χ1v) is 9.18. The van der Waals surface area contributed by atoms with Crippen molar-refractivity contribution in [3.63, 3.8) is 0 Å². The Balaban J connectivity index is 1.59. The quantitative estimate of drug-likeness (QED) is 0.780. The zero-order valence-corrected chi connectivity index (χ0v) is 14.3. The van der Waals surface area contributed by atoms with Crippen molar-refractivity contribution in [1.29, 1.82) is 0 Å². The first-order valence-electron chi connectivity index (χ1n) is 9.18. The van der Waals surface area contributed by atoms with Crippen molar-refractivity contribution in [2.75, 3.05) is 11.5 Å². The lowest BCUT2D eigenvalue weighted by Gasteiger charge is -2.44. The maximum atomic E-state index is 13.5. The molecule has 1 N–H and O–H groups in total. The van der Waals surface area contributed by atoms with Gasteiger partial charge in [0.05, 0.1) is 24.2 Å². The molecule has 1 aromatic rings. The van der Waals surface area contributed by atoms with Crippen LogP contribution in [0.4, 0.5) is 5.69 Å². The molecule has 6 rings (SSSR count). The van der Waals surface area contributed by atoms with Gasteiger partial charge < -0.3 is 19.5 Å². The normalized spacial score (nSPS) is 44.0. The highest BCUT2D eigenvalue weighted by molar-refractivity contribution is 6.04. The minimum Gasteiger partial charge on any atom is -0.481 e. The van der Waals surface area contributed by atoms with Crippen LogP contribution in [0.15, 0.2) is 30.4 Å². The second-order valence-corrected chi connectivity index (χ2v) is 8.10. The van der Waals surface area contributed by atoms with Crippen LogP contribution < -0.4 is 4.90 Å². The fourth-order valence-corrected chi connectivity index (χ4v) is 6.04. The molecule has 5 aliphatic heterocycles. The van der Waals surface area contributed by atoms with Gasteiger partial charge in [-0.15, -0.1) is 0 Å². The van der Waals surface area contributed by atoms with Crippen LogP contribution in [0, 0.1) is 24.7 Å². The third kappa shape index (κ3) is 1.48. The first kappa shape index (κ1) is 14.9. The number of ether oxygens (including phenoxy) is 2. The molecule has 1 spiro atoms. The smallest absolute Gasteiger partial charge is 0.310 e. The number of carboxylic acids is 1. The van der Waals surface area contributed by atoms with Gasteiger partial charge in [-0.25, -0.2) is 0 Å². The average molecular weight is 353 g/mol. The largest absolute Gasteiger partial charge is 0.481 e. The minimum absolute atomic E-state index is 0.0630. The molecular weight excluding hydrogens is 334 g/mol. The SMILES string of the molecule is Cc1ccc2c(c1)[C@@H]1OCC[C@@H]1[C@@H]1N2C(=O)[C@H]2[C@H](C(=O)O)[C@H]3C=C[C@@]12O3. The number of hydrogen-bond donors (Lipinski definition) is 1. The number of aliphatic carboxylic acids is 1. The van der Waals surface area contributed by atoms with E-state index in [0.717, 1.165) is 23.2 Å². The third-order valence-corrected chi connectivity index (χ3v) is 6.91. The molecule has 0 saturated carbocycles. The Hall–Kier alpha value is -2.18. The van der Waals surface area contributed by atoms with Gasteiger partial charge in [-0.05, 0) is 19.4 Å². The van der Waals surface area contributed by atoms with E-state index in [9.17, 15) is 14.7 Å². The summed E-state index contributed by atoms with van der Waals surface area (Å²) in [5.41, 5.74) is 2.17. The minimum atomic E-state index is -0.956. The van der Waals surface area contributed by atoms with Crippen LogP contribution in [0.2, 0.25) is 0 Å². The Morgan fingerprint density at radius 2 is 2.23 bits per heavy atom. The summed E-state index contributed by atoms with van der Waals surface area (Å²) in [6.07, 6.45) is 4.07. The molecule has 0 aliphatic carbocycles. The van der Waals surface area contributed by atoms with Gasteiger partial charge in [0.1, 0.15) is 11.5 Å². The van der Waals surface area contributed by atoms with E-state index in [2.05, 4.69) is 6.07 Å². The van der Waals surface area contributed by atoms with Crippen molar-refractivity contribution < 1.29 is 24.2 Å². The van der Waals surface area contributed by atoms with Crippen molar-refractivity contribution in [2.24, 2.45) is 17.8 Å².